The number of pyridine rings is 1. The minimum absolute atomic E-state index is 0.138. The molecule has 1 saturated heterocycles. The second-order valence-electron chi connectivity index (χ2n) is 7.23. The van der Waals surface area contributed by atoms with Crippen molar-refractivity contribution in [2.45, 2.75) is 25.6 Å². The highest BCUT2D eigenvalue weighted by Gasteiger charge is 2.32. The average molecular weight is 465 g/mol. The van der Waals surface area contributed by atoms with Gasteiger partial charge in [-0.05, 0) is 25.0 Å². The van der Waals surface area contributed by atoms with Gasteiger partial charge in [0, 0.05) is 30.2 Å². The minimum Gasteiger partial charge on any atom is -0.438 e. The van der Waals surface area contributed by atoms with Gasteiger partial charge < -0.3 is 14.6 Å². The molecule has 8 nitrogen and oxygen atoms in total. The number of nitrogens with zero attached hydrogens (tertiary/aromatic N) is 4. The van der Waals surface area contributed by atoms with Gasteiger partial charge in [0.15, 0.2) is 6.39 Å². The highest BCUT2D eigenvalue weighted by Crippen LogP contribution is 2.29. The molecule has 3 aromatic heterocycles. The zero-order valence-corrected chi connectivity index (χ0v) is 17.4. The number of alkyl halides is 3. The van der Waals surface area contributed by atoms with Crippen molar-refractivity contribution in [3.8, 4) is 11.3 Å². The summed E-state index contributed by atoms with van der Waals surface area (Å²) in [5.74, 6) is -0.698. The number of rotatable bonds is 5. The van der Waals surface area contributed by atoms with Gasteiger partial charge in [-0.15, -0.1) is 11.3 Å². The lowest BCUT2D eigenvalue weighted by Gasteiger charge is -2.31. The van der Waals surface area contributed by atoms with E-state index in [0.717, 1.165) is 12.3 Å². The molecule has 3 aromatic rings. The monoisotopic (exact) mass is 465 g/mol. The van der Waals surface area contributed by atoms with Crippen molar-refractivity contribution in [1.29, 1.82) is 0 Å². The predicted octanol–water partition coefficient (Wildman–Crippen LogP) is 3.38. The predicted molar refractivity (Wildman–Crippen MR) is 107 cm³/mol. The molecule has 12 heteroatoms. The number of carbonyl (C=O) groups is 2. The molecule has 2 amide bonds. The maximum Gasteiger partial charge on any atom is 0.433 e. The van der Waals surface area contributed by atoms with Gasteiger partial charge in [0.05, 0.1) is 24.4 Å². The van der Waals surface area contributed by atoms with Crippen LogP contribution in [0.1, 0.15) is 34.1 Å². The smallest absolute Gasteiger partial charge is 0.433 e. The summed E-state index contributed by atoms with van der Waals surface area (Å²) in [6.45, 7) is 1.01. The number of halogens is 3. The van der Waals surface area contributed by atoms with Crippen molar-refractivity contribution in [2.24, 2.45) is 5.92 Å². The van der Waals surface area contributed by atoms with E-state index in [1.807, 2.05) is 0 Å². The van der Waals surface area contributed by atoms with Crippen LogP contribution in [0, 0.1) is 5.92 Å². The highest BCUT2D eigenvalue weighted by molar-refractivity contribution is 7.09. The first-order chi connectivity index (χ1) is 15.3. The van der Waals surface area contributed by atoms with Crippen molar-refractivity contribution in [3.05, 3.63) is 52.8 Å². The SMILES string of the molecule is O=C(NCc1nc(-c2ccc(C(F)(F)F)nc2)cs1)[C@H]1CCCN(C(=O)c2cnco2)C1. The average Bonchev–Trinajstić information content (AvgIpc) is 3.49. The lowest BCUT2D eigenvalue weighted by Crippen LogP contribution is -2.45. The summed E-state index contributed by atoms with van der Waals surface area (Å²) >= 11 is 1.29. The molecule has 0 saturated carbocycles. The van der Waals surface area contributed by atoms with Crippen LogP contribution in [0.5, 0.6) is 0 Å². The zero-order valence-electron chi connectivity index (χ0n) is 16.6. The summed E-state index contributed by atoms with van der Waals surface area (Å²) in [7, 11) is 0. The van der Waals surface area contributed by atoms with Crippen LogP contribution in [0.25, 0.3) is 11.3 Å². The molecule has 0 aliphatic carbocycles. The fourth-order valence-corrected chi connectivity index (χ4v) is 4.14. The number of amides is 2. The van der Waals surface area contributed by atoms with E-state index in [1.54, 1.807) is 10.3 Å². The molecule has 0 spiro atoms. The van der Waals surface area contributed by atoms with Crippen molar-refractivity contribution >= 4 is 23.2 Å². The maximum absolute atomic E-state index is 12.7. The summed E-state index contributed by atoms with van der Waals surface area (Å²) in [5, 5.41) is 5.14. The van der Waals surface area contributed by atoms with E-state index in [2.05, 4.69) is 20.3 Å². The molecule has 1 atom stereocenters. The Morgan fingerprint density at radius 3 is 2.81 bits per heavy atom. The van der Waals surface area contributed by atoms with Crippen molar-refractivity contribution in [2.75, 3.05) is 13.1 Å². The van der Waals surface area contributed by atoms with E-state index in [1.165, 1.54) is 30.0 Å². The number of aromatic nitrogens is 3. The van der Waals surface area contributed by atoms with Gasteiger partial charge in [0.2, 0.25) is 11.7 Å². The Morgan fingerprint density at radius 2 is 2.12 bits per heavy atom. The third-order valence-corrected chi connectivity index (χ3v) is 5.89. The summed E-state index contributed by atoms with van der Waals surface area (Å²) in [5.41, 5.74) is -0.0186. The second kappa shape index (κ2) is 9.07. The van der Waals surface area contributed by atoms with Gasteiger partial charge in [-0.1, -0.05) is 0 Å². The summed E-state index contributed by atoms with van der Waals surface area (Å²) < 4.78 is 43.0. The number of oxazole rings is 1. The van der Waals surface area contributed by atoms with Gasteiger partial charge >= 0.3 is 6.18 Å². The molecular weight excluding hydrogens is 447 g/mol. The van der Waals surface area contributed by atoms with Crippen LogP contribution in [0.2, 0.25) is 0 Å². The van der Waals surface area contributed by atoms with Crippen LogP contribution in [0.15, 0.2) is 40.7 Å². The van der Waals surface area contributed by atoms with Gasteiger partial charge in [-0.25, -0.2) is 9.97 Å². The number of likely N-dealkylation sites (tertiary alicyclic amines) is 1. The molecule has 0 aromatic carbocycles. The Bertz CT molecular complexity index is 1080. The summed E-state index contributed by atoms with van der Waals surface area (Å²) in [6, 6.07) is 2.22. The van der Waals surface area contributed by atoms with Crippen molar-refractivity contribution in [3.63, 3.8) is 0 Å². The van der Waals surface area contributed by atoms with Crippen LogP contribution < -0.4 is 5.32 Å². The molecule has 4 rings (SSSR count). The van der Waals surface area contributed by atoms with E-state index in [0.29, 0.717) is 35.7 Å². The number of piperidine rings is 1. The van der Waals surface area contributed by atoms with Gasteiger partial charge in [-0.3, -0.25) is 14.6 Å². The van der Waals surface area contributed by atoms with Gasteiger partial charge in [0.25, 0.3) is 5.91 Å². The number of carbonyl (C=O) groups excluding carboxylic acids is 2. The largest absolute Gasteiger partial charge is 0.438 e. The molecule has 1 N–H and O–H groups in total. The van der Waals surface area contributed by atoms with Crippen LogP contribution in [0.3, 0.4) is 0 Å². The van der Waals surface area contributed by atoms with Gasteiger partial charge in [0.1, 0.15) is 10.7 Å². The number of thiazole rings is 1. The number of hydrogen-bond acceptors (Lipinski definition) is 7. The first kappa shape index (κ1) is 21.9. The minimum atomic E-state index is -4.50. The lowest BCUT2D eigenvalue weighted by molar-refractivity contribution is -0.141. The molecule has 4 heterocycles. The zero-order chi connectivity index (χ0) is 22.7. The van der Waals surface area contributed by atoms with Crippen LogP contribution in [-0.2, 0) is 17.5 Å². The van der Waals surface area contributed by atoms with Crippen LogP contribution >= 0.6 is 11.3 Å². The molecule has 1 aliphatic rings. The molecule has 0 bridgehead atoms. The Hall–Kier alpha value is -3.28. The second-order valence-corrected chi connectivity index (χ2v) is 8.17. The molecular formula is C20H18F3N5O3S. The summed E-state index contributed by atoms with van der Waals surface area (Å²) in [6.07, 6.45) is 0.516. The quantitative estimate of drug-likeness (QED) is 0.620. The molecule has 32 heavy (non-hydrogen) atoms. The van der Waals surface area contributed by atoms with Crippen LogP contribution in [-0.4, -0.2) is 44.8 Å². The standard InChI is InChI=1S/C20H18F3N5O3S/c21-20(22,23)16-4-3-12(6-25-16)14-10-32-17(27-14)8-26-18(29)13-2-1-5-28(9-13)19(30)15-7-24-11-31-15/h3-4,6-7,10-11,13H,1-2,5,8-9H2,(H,26,29)/t13-/m0/s1. The Morgan fingerprint density at radius 1 is 1.28 bits per heavy atom. The van der Waals surface area contributed by atoms with E-state index in [-0.39, 0.29) is 36.6 Å². The third-order valence-electron chi connectivity index (χ3n) is 5.04. The van der Waals surface area contributed by atoms with Crippen molar-refractivity contribution < 1.29 is 27.2 Å². The van der Waals surface area contributed by atoms with E-state index in [9.17, 15) is 22.8 Å². The van der Waals surface area contributed by atoms with E-state index >= 15 is 0 Å². The fraction of sp³-hybridized carbons (Fsp3) is 0.350. The Balaban J connectivity index is 1.32. The Labute approximate surface area is 184 Å². The third kappa shape index (κ3) is 4.96. The van der Waals surface area contributed by atoms with Gasteiger partial charge in [-0.2, -0.15) is 13.2 Å². The molecule has 1 aliphatic heterocycles. The number of nitrogens with one attached hydrogen (secondary N) is 1. The molecule has 0 radical (unpaired) electrons. The lowest BCUT2D eigenvalue weighted by atomic mass is 9.97. The fourth-order valence-electron chi connectivity index (χ4n) is 3.40. The van der Waals surface area contributed by atoms with Crippen molar-refractivity contribution in [1.82, 2.24) is 25.2 Å². The molecule has 0 unspecified atom stereocenters. The molecule has 1 fully saturated rings. The normalized spacial score (nSPS) is 16.7. The molecule has 168 valence electrons. The maximum atomic E-state index is 12.7. The first-order valence-corrected chi connectivity index (χ1v) is 10.6. The number of hydrogen-bond donors (Lipinski definition) is 1. The topological polar surface area (TPSA) is 101 Å². The van der Waals surface area contributed by atoms with Crippen LogP contribution in [0.4, 0.5) is 13.2 Å². The summed E-state index contributed by atoms with van der Waals surface area (Å²) in [4.78, 5) is 38.1. The highest BCUT2D eigenvalue weighted by atomic mass is 32.1. The Kier molecular flexibility index (Phi) is 6.21. The first-order valence-electron chi connectivity index (χ1n) is 9.75. The van der Waals surface area contributed by atoms with E-state index in [4.69, 9.17) is 4.42 Å². The van der Waals surface area contributed by atoms with E-state index < -0.39 is 11.9 Å².